The molecule has 80 valence electrons. The van der Waals surface area contributed by atoms with E-state index in [2.05, 4.69) is 42.5 Å². The van der Waals surface area contributed by atoms with Crippen LogP contribution in [0.3, 0.4) is 0 Å². The van der Waals surface area contributed by atoms with Gasteiger partial charge in [0.2, 0.25) is 0 Å². The number of hydrogen-bond donors (Lipinski definition) is 0. The predicted molar refractivity (Wildman–Crippen MR) is 70.2 cm³/mol. The van der Waals surface area contributed by atoms with E-state index in [9.17, 15) is 0 Å². The van der Waals surface area contributed by atoms with Crippen LogP contribution in [0.5, 0.6) is 0 Å². The van der Waals surface area contributed by atoms with E-state index in [4.69, 9.17) is 11.6 Å². The topological polar surface area (TPSA) is 0 Å². The first-order valence-corrected chi connectivity index (χ1v) is 6.59. The summed E-state index contributed by atoms with van der Waals surface area (Å²) in [6.07, 6.45) is 1.09. The molecule has 1 heterocycles. The maximum atomic E-state index is 6.01. The Bertz CT molecular complexity index is 507. The Morgan fingerprint density at radius 2 is 1.88 bits per heavy atom. The van der Waals surface area contributed by atoms with Crippen molar-refractivity contribution in [3.63, 3.8) is 0 Å². The lowest BCUT2D eigenvalue weighted by Gasteiger charge is -2.07. The molecule has 0 bridgehead atoms. The summed E-state index contributed by atoms with van der Waals surface area (Å²) in [5.74, 6) is 0. The van der Waals surface area contributed by atoms with Gasteiger partial charge in [-0.1, -0.05) is 41.9 Å². The van der Waals surface area contributed by atoms with Gasteiger partial charge in [-0.2, -0.15) is 0 Å². The van der Waals surface area contributed by atoms with Crippen molar-refractivity contribution < 1.29 is 0 Å². The Kier molecular flexibility index (Phi) is 2.66. The first-order chi connectivity index (χ1) is 7.83. The van der Waals surface area contributed by atoms with E-state index < -0.39 is 0 Å². The average molecular weight is 247 g/mol. The van der Waals surface area contributed by atoms with Crippen LogP contribution in [0.2, 0.25) is 5.02 Å². The third-order valence-electron chi connectivity index (χ3n) is 2.87. The van der Waals surface area contributed by atoms with Crippen LogP contribution in [-0.2, 0) is 6.42 Å². The number of hydrogen-bond acceptors (Lipinski definition) is 1. The average Bonchev–Trinajstić information content (AvgIpc) is 2.73. The Labute approximate surface area is 105 Å². The summed E-state index contributed by atoms with van der Waals surface area (Å²) in [4.78, 5) is 1.37. The van der Waals surface area contributed by atoms with E-state index in [0.29, 0.717) is 5.25 Å². The standard InChI is InChI=1S/C14H11ClS/c15-12-6-7-13-11(8-12)9-14(16-13)10-4-2-1-3-5-10/h1-8,14H,9H2. The van der Waals surface area contributed by atoms with Crippen molar-refractivity contribution in [3.8, 4) is 0 Å². The molecule has 3 rings (SSSR count). The lowest BCUT2D eigenvalue weighted by molar-refractivity contribution is 0.949. The summed E-state index contributed by atoms with van der Waals surface area (Å²) >= 11 is 7.95. The summed E-state index contributed by atoms with van der Waals surface area (Å²) in [5.41, 5.74) is 2.78. The molecule has 2 aromatic carbocycles. The van der Waals surface area contributed by atoms with Crippen molar-refractivity contribution in [2.24, 2.45) is 0 Å². The van der Waals surface area contributed by atoms with Crippen LogP contribution in [0.1, 0.15) is 16.4 Å². The van der Waals surface area contributed by atoms with Gasteiger partial charge in [0, 0.05) is 15.2 Å². The molecule has 1 unspecified atom stereocenters. The van der Waals surface area contributed by atoms with Crippen molar-refractivity contribution in [2.45, 2.75) is 16.6 Å². The molecule has 1 aliphatic heterocycles. The fourth-order valence-electron chi connectivity index (χ4n) is 2.07. The molecular weight excluding hydrogens is 236 g/mol. The predicted octanol–water partition coefficient (Wildman–Crippen LogP) is 4.73. The van der Waals surface area contributed by atoms with Crippen molar-refractivity contribution in [2.75, 3.05) is 0 Å². The summed E-state index contributed by atoms with van der Waals surface area (Å²) in [7, 11) is 0. The van der Waals surface area contributed by atoms with E-state index in [1.807, 2.05) is 17.8 Å². The van der Waals surface area contributed by atoms with Gasteiger partial charge >= 0.3 is 0 Å². The first kappa shape index (κ1) is 10.2. The molecule has 0 fully saturated rings. The third-order valence-corrected chi connectivity index (χ3v) is 4.48. The van der Waals surface area contributed by atoms with E-state index in [1.54, 1.807) is 0 Å². The van der Waals surface area contributed by atoms with Gasteiger partial charge in [0.1, 0.15) is 0 Å². The van der Waals surface area contributed by atoms with Crippen molar-refractivity contribution in [1.82, 2.24) is 0 Å². The highest BCUT2D eigenvalue weighted by molar-refractivity contribution is 7.99. The molecule has 0 saturated heterocycles. The number of fused-ring (bicyclic) bond motifs is 1. The molecule has 1 atom stereocenters. The van der Waals surface area contributed by atoms with Gasteiger partial charge in [-0.15, -0.1) is 11.8 Å². The molecule has 0 amide bonds. The van der Waals surface area contributed by atoms with E-state index in [0.717, 1.165) is 11.4 Å². The largest absolute Gasteiger partial charge is 0.117 e. The zero-order chi connectivity index (χ0) is 11.0. The lowest BCUT2D eigenvalue weighted by Crippen LogP contribution is -1.91. The summed E-state index contributed by atoms with van der Waals surface area (Å²) < 4.78 is 0. The molecule has 0 radical (unpaired) electrons. The summed E-state index contributed by atoms with van der Waals surface area (Å²) in [6, 6.07) is 16.9. The highest BCUT2D eigenvalue weighted by Crippen LogP contribution is 2.46. The van der Waals surface area contributed by atoms with Crippen LogP contribution in [0.25, 0.3) is 0 Å². The minimum Gasteiger partial charge on any atom is -0.117 e. The maximum absolute atomic E-state index is 6.01. The van der Waals surface area contributed by atoms with E-state index in [-0.39, 0.29) is 0 Å². The van der Waals surface area contributed by atoms with Crippen LogP contribution < -0.4 is 0 Å². The summed E-state index contributed by atoms with van der Waals surface area (Å²) in [6.45, 7) is 0. The highest BCUT2D eigenvalue weighted by atomic mass is 35.5. The smallest absolute Gasteiger partial charge is 0.0409 e. The van der Waals surface area contributed by atoms with Crippen LogP contribution in [0.15, 0.2) is 53.4 Å². The van der Waals surface area contributed by atoms with Gasteiger partial charge < -0.3 is 0 Å². The zero-order valence-electron chi connectivity index (χ0n) is 8.69. The molecule has 2 aromatic rings. The van der Waals surface area contributed by atoms with E-state index in [1.165, 1.54) is 16.0 Å². The van der Waals surface area contributed by atoms with Crippen LogP contribution >= 0.6 is 23.4 Å². The van der Waals surface area contributed by atoms with Crippen molar-refractivity contribution in [1.29, 1.82) is 0 Å². The minimum atomic E-state index is 0.551. The summed E-state index contributed by atoms with van der Waals surface area (Å²) in [5, 5.41) is 1.39. The lowest BCUT2D eigenvalue weighted by atomic mass is 10.0. The maximum Gasteiger partial charge on any atom is 0.0409 e. The monoisotopic (exact) mass is 246 g/mol. The second-order valence-electron chi connectivity index (χ2n) is 3.97. The van der Waals surface area contributed by atoms with Gasteiger partial charge in [-0.05, 0) is 35.7 Å². The van der Waals surface area contributed by atoms with Gasteiger partial charge in [-0.25, -0.2) is 0 Å². The number of thioether (sulfide) groups is 1. The molecule has 0 nitrogen and oxygen atoms in total. The van der Waals surface area contributed by atoms with Crippen LogP contribution in [-0.4, -0.2) is 0 Å². The van der Waals surface area contributed by atoms with Gasteiger partial charge in [0.05, 0.1) is 0 Å². The molecule has 0 N–H and O–H groups in total. The molecule has 16 heavy (non-hydrogen) atoms. The normalized spacial score (nSPS) is 18.4. The Balaban J connectivity index is 1.91. The van der Waals surface area contributed by atoms with Crippen LogP contribution in [0, 0.1) is 0 Å². The SMILES string of the molecule is Clc1ccc2c(c1)CC(c1ccccc1)S2. The molecule has 0 saturated carbocycles. The Hall–Kier alpha value is -0.920. The molecule has 0 aromatic heterocycles. The van der Waals surface area contributed by atoms with Gasteiger partial charge in [0.15, 0.2) is 0 Å². The number of halogens is 1. The van der Waals surface area contributed by atoms with Crippen molar-refractivity contribution >= 4 is 23.4 Å². The molecule has 1 aliphatic rings. The fourth-order valence-corrected chi connectivity index (χ4v) is 3.57. The third kappa shape index (κ3) is 1.85. The van der Waals surface area contributed by atoms with Gasteiger partial charge in [0.25, 0.3) is 0 Å². The minimum absolute atomic E-state index is 0.551. The highest BCUT2D eigenvalue weighted by Gasteiger charge is 2.23. The number of rotatable bonds is 1. The second-order valence-corrected chi connectivity index (χ2v) is 5.65. The van der Waals surface area contributed by atoms with E-state index >= 15 is 0 Å². The zero-order valence-corrected chi connectivity index (χ0v) is 10.3. The van der Waals surface area contributed by atoms with Crippen LogP contribution in [0.4, 0.5) is 0 Å². The Morgan fingerprint density at radius 1 is 1.06 bits per heavy atom. The fraction of sp³-hybridized carbons (Fsp3) is 0.143. The molecule has 0 spiro atoms. The second kappa shape index (κ2) is 4.15. The van der Waals surface area contributed by atoms with Crippen molar-refractivity contribution in [3.05, 3.63) is 64.7 Å². The molecular formula is C14H11ClS. The molecule has 2 heteroatoms. The van der Waals surface area contributed by atoms with Gasteiger partial charge in [-0.3, -0.25) is 0 Å². The molecule has 0 aliphatic carbocycles. The number of benzene rings is 2. The first-order valence-electron chi connectivity index (χ1n) is 5.33. The quantitative estimate of drug-likeness (QED) is 0.701. The Morgan fingerprint density at radius 3 is 2.69 bits per heavy atom.